The molecule has 0 atom stereocenters. The Morgan fingerprint density at radius 2 is 1.86 bits per heavy atom. The number of aryl methyl sites for hydroxylation is 2. The predicted octanol–water partition coefficient (Wildman–Crippen LogP) is 4.34. The topological polar surface area (TPSA) is 76.1 Å². The van der Waals surface area contributed by atoms with Crippen molar-refractivity contribution in [3.63, 3.8) is 0 Å². The van der Waals surface area contributed by atoms with Crippen LogP contribution in [0.4, 0.5) is 5.13 Å². The molecule has 0 unspecified atom stereocenters. The molecule has 0 aliphatic heterocycles. The highest BCUT2D eigenvalue weighted by Crippen LogP contribution is 2.37. The van der Waals surface area contributed by atoms with Gasteiger partial charge < -0.3 is 0 Å². The second-order valence-electron chi connectivity index (χ2n) is 6.68. The molecule has 1 heterocycles. The Labute approximate surface area is 168 Å². The van der Waals surface area contributed by atoms with E-state index in [1.165, 1.54) is 46.0 Å². The minimum Gasteiger partial charge on any atom is -0.298 e. The number of nitrogens with one attached hydrogen (secondary N) is 1. The summed E-state index contributed by atoms with van der Waals surface area (Å²) in [7, 11) is -3.28. The van der Waals surface area contributed by atoms with Crippen molar-refractivity contribution in [2.75, 3.05) is 11.1 Å². The summed E-state index contributed by atoms with van der Waals surface area (Å²) in [6.07, 6.45) is 3.04. The number of hydrogen-bond acceptors (Lipinski definition) is 5. The van der Waals surface area contributed by atoms with Crippen LogP contribution in [-0.4, -0.2) is 25.1 Å². The predicted molar refractivity (Wildman–Crippen MR) is 112 cm³/mol. The monoisotopic (exact) mass is 412 g/mol. The fraction of sp³-hybridized carbons (Fsp3) is 0.238. The number of benzene rings is 2. The molecule has 1 aliphatic carbocycles. The summed E-state index contributed by atoms with van der Waals surface area (Å²) in [5.74, 6) is -0.261. The Morgan fingerprint density at radius 3 is 2.61 bits per heavy atom. The molecule has 28 heavy (non-hydrogen) atoms. The summed E-state index contributed by atoms with van der Waals surface area (Å²) >= 11 is 1.51. The molecular weight excluding hydrogens is 392 g/mol. The van der Waals surface area contributed by atoms with E-state index in [4.69, 9.17) is 0 Å². The van der Waals surface area contributed by atoms with Crippen molar-refractivity contribution < 1.29 is 13.2 Å². The third-order valence-corrected chi connectivity index (χ3v) is 7.68. The van der Waals surface area contributed by atoms with Crippen molar-refractivity contribution >= 4 is 32.2 Å². The molecule has 1 N–H and O–H groups in total. The van der Waals surface area contributed by atoms with Crippen molar-refractivity contribution in [3.8, 4) is 11.3 Å². The normalized spacial score (nSPS) is 13.3. The van der Waals surface area contributed by atoms with Crippen molar-refractivity contribution in [1.29, 1.82) is 0 Å². The zero-order valence-electron chi connectivity index (χ0n) is 15.4. The van der Waals surface area contributed by atoms with Gasteiger partial charge in [-0.25, -0.2) is 13.4 Å². The number of hydrogen-bond donors (Lipinski definition) is 1. The van der Waals surface area contributed by atoms with Crippen LogP contribution in [0.3, 0.4) is 0 Å². The first-order chi connectivity index (χ1) is 13.5. The lowest BCUT2D eigenvalue weighted by Crippen LogP contribution is -2.12. The number of nitrogens with zero attached hydrogens (tertiary/aromatic N) is 1. The van der Waals surface area contributed by atoms with Crippen LogP contribution in [0.1, 0.15) is 34.1 Å². The molecule has 2 aromatic carbocycles. The van der Waals surface area contributed by atoms with Gasteiger partial charge in [0.15, 0.2) is 15.0 Å². The van der Waals surface area contributed by atoms with E-state index < -0.39 is 9.84 Å². The first-order valence-corrected chi connectivity index (χ1v) is 11.7. The molecule has 0 saturated carbocycles. The third kappa shape index (κ3) is 3.59. The van der Waals surface area contributed by atoms with Crippen LogP contribution in [0.2, 0.25) is 0 Å². The Hall–Kier alpha value is -2.51. The number of carbonyl (C=O) groups excluding carboxylic acids is 1. The lowest BCUT2D eigenvalue weighted by atomic mass is 10.0. The lowest BCUT2D eigenvalue weighted by molar-refractivity contribution is 0.102. The minimum atomic E-state index is -3.28. The average Bonchev–Trinajstić information content (AvgIpc) is 3.02. The Kier molecular flexibility index (Phi) is 5.03. The second-order valence-corrected chi connectivity index (χ2v) is 10.0. The van der Waals surface area contributed by atoms with E-state index in [0.717, 1.165) is 30.5 Å². The molecule has 0 spiro atoms. The van der Waals surface area contributed by atoms with E-state index in [-0.39, 0.29) is 16.6 Å². The van der Waals surface area contributed by atoms with Gasteiger partial charge in [-0.15, -0.1) is 11.3 Å². The molecular formula is C21H20N2O3S2. The number of thiazole rings is 1. The fourth-order valence-corrected chi connectivity index (χ4v) is 5.24. The van der Waals surface area contributed by atoms with Gasteiger partial charge in [-0.05, 0) is 49.1 Å². The summed E-state index contributed by atoms with van der Waals surface area (Å²) in [4.78, 5) is 18.7. The van der Waals surface area contributed by atoms with E-state index >= 15 is 0 Å². The van der Waals surface area contributed by atoms with Crippen LogP contribution in [-0.2, 0) is 22.7 Å². The van der Waals surface area contributed by atoms with E-state index in [9.17, 15) is 13.2 Å². The van der Waals surface area contributed by atoms with Gasteiger partial charge in [0.05, 0.1) is 16.3 Å². The zero-order valence-corrected chi connectivity index (χ0v) is 17.1. The Bertz CT molecular complexity index is 1130. The van der Waals surface area contributed by atoms with Gasteiger partial charge in [-0.3, -0.25) is 10.1 Å². The molecule has 1 aliphatic rings. The SMILES string of the molecule is CCS(=O)(=O)c1ccc(C(=O)Nc2nc3c(s2)CCCc2ccccc2-3)cc1. The highest BCUT2D eigenvalue weighted by atomic mass is 32.2. The van der Waals surface area contributed by atoms with Crippen LogP contribution < -0.4 is 5.32 Å². The minimum absolute atomic E-state index is 0.0324. The molecule has 4 rings (SSSR count). The molecule has 0 radical (unpaired) electrons. The summed E-state index contributed by atoms with van der Waals surface area (Å²) < 4.78 is 23.8. The molecule has 5 nitrogen and oxygen atoms in total. The lowest BCUT2D eigenvalue weighted by Gasteiger charge is -2.05. The van der Waals surface area contributed by atoms with Crippen LogP contribution in [0.25, 0.3) is 11.3 Å². The highest BCUT2D eigenvalue weighted by Gasteiger charge is 2.20. The zero-order chi connectivity index (χ0) is 19.7. The van der Waals surface area contributed by atoms with Gasteiger partial charge in [0, 0.05) is 16.0 Å². The standard InChI is InChI=1S/C21H20N2O3S2/c1-2-28(25,26)16-12-10-15(11-13-16)20(24)23-21-22-19-17-8-4-3-6-14(17)7-5-9-18(19)27-21/h3-4,6,8,10-13H,2,5,7,9H2,1H3,(H,22,23,24). The van der Waals surface area contributed by atoms with Crippen molar-refractivity contribution in [1.82, 2.24) is 4.98 Å². The fourth-order valence-electron chi connectivity index (χ4n) is 3.34. The quantitative estimate of drug-likeness (QED) is 0.691. The Morgan fingerprint density at radius 1 is 1.11 bits per heavy atom. The molecule has 0 saturated heterocycles. The van der Waals surface area contributed by atoms with Gasteiger partial charge in [-0.1, -0.05) is 31.2 Å². The van der Waals surface area contributed by atoms with Crippen molar-refractivity contribution in [3.05, 3.63) is 64.5 Å². The van der Waals surface area contributed by atoms with Gasteiger partial charge in [0.1, 0.15) is 0 Å². The molecule has 1 aromatic heterocycles. The maximum atomic E-state index is 12.6. The van der Waals surface area contributed by atoms with Gasteiger partial charge in [0.25, 0.3) is 5.91 Å². The maximum absolute atomic E-state index is 12.6. The van der Waals surface area contributed by atoms with Gasteiger partial charge >= 0.3 is 0 Å². The summed E-state index contributed by atoms with van der Waals surface area (Å²) in [6, 6.07) is 14.3. The molecule has 1 amide bonds. The first kappa shape index (κ1) is 18.8. The van der Waals surface area contributed by atoms with Gasteiger partial charge in [0.2, 0.25) is 0 Å². The van der Waals surface area contributed by atoms with Crippen LogP contribution in [0, 0.1) is 0 Å². The smallest absolute Gasteiger partial charge is 0.257 e. The average molecular weight is 413 g/mol. The number of carbonyl (C=O) groups is 1. The summed E-state index contributed by atoms with van der Waals surface area (Å²) in [5.41, 5.74) is 3.79. The maximum Gasteiger partial charge on any atom is 0.257 e. The van der Waals surface area contributed by atoms with E-state index in [2.05, 4.69) is 22.4 Å². The molecule has 0 bridgehead atoms. The van der Waals surface area contributed by atoms with Gasteiger partial charge in [-0.2, -0.15) is 0 Å². The molecule has 7 heteroatoms. The van der Waals surface area contributed by atoms with Crippen LogP contribution >= 0.6 is 11.3 Å². The third-order valence-electron chi connectivity index (χ3n) is 4.90. The number of fused-ring (bicyclic) bond motifs is 3. The summed E-state index contributed by atoms with van der Waals surface area (Å²) in [5, 5.41) is 3.42. The number of sulfone groups is 1. The van der Waals surface area contributed by atoms with Crippen molar-refractivity contribution in [2.45, 2.75) is 31.1 Å². The molecule has 0 fully saturated rings. The summed E-state index contributed by atoms with van der Waals surface area (Å²) in [6.45, 7) is 1.60. The molecule has 3 aromatic rings. The Balaban J connectivity index is 1.57. The second kappa shape index (κ2) is 7.48. The van der Waals surface area contributed by atoms with E-state index in [1.807, 2.05) is 12.1 Å². The van der Waals surface area contributed by atoms with Crippen LogP contribution in [0.5, 0.6) is 0 Å². The number of rotatable bonds is 4. The van der Waals surface area contributed by atoms with E-state index in [0.29, 0.717) is 10.7 Å². The number of anilines is 1. The van der Waals surface area contributed by atoms with Crippen molar-refractivity contribution in [2.24, 2.45) is 0 Å². The first-order valence-electron chi connectivity index (χ1n) is 9.20. The number of aromatic nitrogens is 1. The van der Waals surface area contributed by atoms with Crippen LogP contribution in [0.15, 0.2) is 53.4 Å². The largest absolute Gasteiger partial charge is 0.298 e. The molecule has 144 valence electrons. The highest BCUT2D eigenvalue weighted by molar-refractivity contribution is 7.91. The number of amides is 1. The van der Waals surface area contributed by atoms with E-state index in [1.54, 1.807) is 6.92 Å².